The maximum absolute atomic E-state index is 12.6. The minimum absolute atomic E-state index is 0.145. The van der Waals surface area contributed by atoms with Crippen molar-refractivity contribution in [1.82, 2.24) is 20.6 Å². The molecule has 0 spiro atoms. The van der Waals surface area contributed by atoms with Crippen molar-refractivity contribution in [2.45, 2.75) is 39.2 Å². The first-order chi connectivity index (χ1) is 11.6. The molecule has 2 rings (SSSR count). The summed E-state index contributed by atoms with van der Waals surface area (Å²) < 4.78 is 1.57. The van der Waals surface area contributed by atoms with Crippen molar-refractivity contribution in [3.8, 4) is 0 Å². The van der Waals surface area contributed by atoms with Crippen LogP contribution in [0, 0.1) is 0 Å². The van der Waals surface area contributed by atoms with Crippen molar-refractivity contribution in [1.29, 1.82) is 0 Å². The van der Waals surface area contributed by atoms with Crippen molar-refractivity contribution in [3.05, 3.63) is 52.8 Å². The lowest BCUT2D eigenvalue weighted by Gasteiger charge is -2.15. The van der Waals surface area contributed by atoms with E-state index in [2.05, 4.69) is 10.4 Å². The lowest BCUT2D eigenvalue weighted by Crippen LogP contribution is -2.28. The number of carbonyl (C=O) groups excluding carboxylic acids is 2. The van der Waals surface area contributed by atoms with Gasteiger partial charge in [0, 0.05) is 18.0 Å². The number of aromatic nitrogens is 2. The average molecular weight is 344 g/mol. The van der Waals surface area contributed by atoms with Crippen LogP contribution in [0.25, 0.3) is 0 Å². The number of hydrogen-bond acceptors (Lipinski definition) is 4. The molecule has 7 heteroatoms. The molecule has 0 saturated heterocycles. The lowest BCUT2D eigenvalue weighted by molar-refractivity contribution is 0.0706. The highest BCUT2D eigenvalue weighted by Gasteiger charge is 2.22. The Morgan fingerprint density at radius 3 is 2.44 bits per heavy atom. The van der Waals surface area contributed by atoms with Gasteiger partial charge >= 0.3 is 0 Å². The van der Waals surface area contributed by atoms with Gasteiger partial charge in [-0.15, -0.1) is 0 Å². The van der Waals surface area contributed by atoms with Crippen LogP contribution in [-0.2, 0) is 12.5 Å². The van der Waals surface area contributed by atoms with Crippen LogP contribution in [0.15, 0.2) is 30.3 Å². The Bertz CT molecular complexity index is 790. The quantitative estimate of drug-likeness (QED) is 0.586. The molecule has 2 aromatic rings. The second kappa shape index (κ2) is 7.06. The molecular weight excluding hydrogens is 320 g/mol. The number of rotatable bonds is 4. The van der Waals surface area contributed by atoms with E-state index in [9.17, 15) is 9.59 Å². The van der Waals surface area contributed by atoms with Crippen LogP contribution in [-0.4, -0.2) is 26.8 Å². The molecule has 1 aromatic heterocycles. The number of hydroxylamine groups is 1. The van der Waals surface area contributed by atoms with Gasteiger partial charge in [-0.25, -0.2) is 5.48 Å². The third-order valence-corrected chi connectivity index (χ3v) is 3.98. The van der Waals surface area contributed by atoms with Gasteiger partial charge in [0.25, 0.3) is 11.8 Å². The Labute approximate surface area is 147 Å². The van der Waals surface area contributed by atoms with Gasteiger partial charge in [-0.05, 0) is 30.7 Å². The predicted octanol–water partition coefficient (Wildman–Crippen LogP) is 2.33. The molecule has 1 unspecified atom stereocenters. The number of hydrogen-bond donors (Lipinski definition) is 3. The highest BCUT2D eigenvalue weighted by molar-refractivity contribution is 5.94. The molecule has 1 heterocycles. The molecule has 134 valence electrons. The third kappa shape index (κ3) is 4.24. The fraction of sp³-hybridized carbons (Fsp3) is 0.389. The number of carbonyl (C=O) groups is 2. The number of amides is 2. The smallest absolute Gasteiger partial charge is 0.274 e. The summed E-state index contributed by atoms with van der Waals surface area (Å²) in [7, 11) is 1.74. The first-order valence-corrected chi connectivity index (χ1v) is 8.03. The number of aryl methyl sites for hydroxylation is 1. The van der Waals surface area contributed by atoms with Gasteiger partial charge in [-0.1, -0.05) is 32.9 Å². The predicted molar refractivity (Wildman–Crippen MR) is 93.5 cm³/mol. The summed E-state index contributed by atoms with van der Waals surface area (Å²) in [5, 5.41) is 16.0. The summed E-state index contributed by atoms with van der Waals surface area (Å²) in [4.78, 5) is 24.1. The normalized spacial score (nSPS) is 12.6. The second-order valence-electron chi connectivity index (χ2n) is 7.05. The van der Waals surface area contributed by atoms with Crippen LogP contribution in [0.1, 0.15) is 65.8 Å². The van der Waals surface area contributed by atoms with Crippen molar-refractivity contribution in [3.63, 3.8) is 0 Å². The van der Waals surface area contributed by atoms with Gasteiger partial charge in [0.1, 0.15) is 5.69 Å². The molecule has 0 aliphatic rings. The fourth-order valence-electron chi connectivity index (χ4n) is 2.41. The van der Waals surface area contributed by atoms with Crippen LogP contribution in [0.3, 0.4) is 0 Å². The second-order valence-corrected chi connectivity index (χ2v) is 7.05. The zero-order valence-electron chi connectivity index (χ0n) is 15.1. The summed E-state index contributed by atoms with van der Waals surface area (Å²) >= 11 is 0. The summed E-state index contributed by atoms with van der Waals surface area (Å²) in [6, 6.07) is 8.19. The first-order valence-electron chi connectivity index (χ1n) is 8.03. The van der Waals surface area contributed by atoms with Crippen LogP contribution < -0.4 is 10.8 Å². The Morgan fingerprint density at radius 2 is 1.88 bits per heavy atom. The van der Waals surface area contributed by atoms with Crippen molar-refractivity contribution < 1.29 is 14.8 Å². The Balaban J connectivity index is 2.18. The number of nitrogens with zero attached hydrogens (tertiary/aromatic N) is 2. The largest absolute Gasteiger partial charge is 0.344 e. The van der Waals surface area contributed by atoms with Crippen LogP contribution in [0.4, 0.5) is 0 Å². The van der Waals surface area contributed by atoms with E-state index in [-0.39, 0.29) is 17.4 Å². The van der Waals surface area contributed by atoms with Crippen LogP contribution >= 0.6 is 0 Å². The molecular formula is C18H24N4O3. The number of benzene rings is 1. The third-order valence-electron chi connectivity index (χ3n) is 3.98. The first kappa shape index (κ1) is 18.7. The number of nitrogens with one attached hydrogen (secondary N) is 2. The topological polar surface area (TPSA) is 96.2 Å². The average Bonchev–Trinajstić information content (AvgIpc) is 2.96. The van der Waals surface area contributed by atoms with Crippen molar-refractivity contribution >= 4 is 11.8 Å². The molecule has 1 aromatic carbocycles. The van der Waals surface area contributed by atoms with E-state index in [1.165, 1.54) is 0 Å². The standard InChI is InChI=1S/C18H24N4O3/c1-11(12-7-6-8-13(9-12)16(23)21-25)19-17(24)14-10-15(18(2,3)4)20-22(14)5/h6-11,25H,1-5H3,(H,19,24)(H,21,23). The van der Waals surface area contributed by atoms with Crippen LogP contribution in [0.2, 0.25) is 0 Å². The van der Waals surface area contributed by atoms with Gasteiger partial charge in [-0.3, -0.25) is 19.5 Å². The molecule has 0 aliphatic heterocycles. The van der Waals surface area contributed by atoms with Crippen molar-refractivity contribution in [2.24, 2.45) is 7.05 Å². The molecule has 25 heavy (non-hydrogen) atoms. The minimum Gasteiger partial charge on any atom is -0.344 e. The van der Waals surface area contributed by atoms with E-state index in [1.807, 2.05) is 33.8 Å². The minimum atomic E-state index is -0.596. The lowest BCUT2D eigenvalue weighted by atomic mass is 9.92. The summed E-state index contributed by atoms with van der Waals surface area (Å²) in [5.41, 5.74) is 3.84. The Hall–Kier alpha value is -2.67. The van der Waals surface area contributed by atoms with Crippen molar-refractivity contribution in [2.75, 3.05) is 0 Å². The zero-order chi connectivity index (χ0) is 18.8. The highest BCUT2D eigenvalue weighted by Crippen LogP contribution is 2.22. The summed E-state index contributed by atoms with van der Waals surface area (Å²) in [5.74, 6) is -0.836. The maximum Gasteiger partial charge on any atom is 0.274 e. The molecule has 0 saturated carbocycles. The van der Waals surface area contributed by atoms with Gasteiger partial charge in [0.15, 0.2) is 0 Å². The van der Waals surface area contributed by atoms with E-state index in [1.54, 1.807) is 41.5 Å². The van der Waals surface area contributed by atoms with E-state index in [0.717, 1.165) is 11.3 Å². The monoisotopic (exact) mass is 344 g/mol. The molecule has 1 atom stereocenters. The maximum atomic E-state index is 12.6. The van der Waals surface area contributed by atoms with Gasteiger partial charge in [0.2, 0.25) is 0 Å². The molecule has 0 bridgehead atoms. The van der Waals surface area contributed by atoms with Gasteiger partial charge in [0.05, 0.1) is 11.7 Å². The molecule has 2 amide bonds. The van der Waals surface area contributed by atoms with Gasteiger partial charge in [-0.2, -0.15) is 5.10 Å². The Kier molecular flexibility index (Phi) is 5.27. The zero-order valence-corrected chi connectivity index (χ0v) is 15.1. The Morgan fingerprint density at radius 1 is 1.20 bits per heavy atom. The van der Waals surface area contributed by atoms with Crippen LogP contribution in [0.5, 0.6) is 0 Å². The van der Waals surface area contributed by atoms with Gasteiger partial charge < -0.3 is 5.32 Å². The van der Waals surface area contributed by atoms with E-state index in [4.69, 9.17) is 5.21 Å². The summed E-state index contributed by atoms with van der Waals surface area (Å²) in [6.45, 7) is 7.95. The molecule has 0 fully saturated rings. The molecule has 3 N–H and O–H groups in total. The molecule has 7 nitrogen and oxygen atoms in total. The highest BCUT2D eigenvalue weighted by atomic mass is 16.5. The van der Waals surface area contributed by atoms with E-state index >= 15 is 0 Å². The van der Waals surface area contributed by atoms with E-state index < -0.39 is 5.91 Å². The summed E-state index contributed by atoms with van der Waals surface area (Å²) in [6.07, 6.45) is 0. The van der Waals surface area contributed by atoms with E-state index in [0.29, 0.717) is 11.3 Å². The fourth-order valence-corrected chi connectivity index (χ4v) is 2.41. The SMILES string of the molecule is CC(NC(=O)c1cc(C(C)(C)C)nn1C)c1cccc(C(=O)NO)c1. The molecule has 0 aliphatic carbocycles. The molecule has 0 radical (unpaired) electrons.